The van der Waals surface area contributed by atoms with E-state index in [9.17, 15) is 19.5 Å². The molecule has 10 heteroatoms. The molecule has 1 heterocycles. The zero-order chi connectivity index (χ0) is 24.8. The van der Waals surface area contributed by atoms with E-state index < -0.39 is 36.7 Å². The number of hydrogen-bond acceptors (Lipinski definition) is 6. The first-order valence-electron chi connectivity index (χ1n) is 11.2. The number of imidazole rings is 1. The number of alkyl carbamates (subject to hydrolysis) is 1. The maximum atomic E-state index is 12.8. The second kappa shape index (κ2) is 10.8. The van der Waals surface area contributed by atoms with Gasteiger partial charge in [-0.2, -0.15) is 0 Å². The Kier molecular flexibility index (Phi) is 7.41. The van der Waals surface area contributed by atoms with Gasteiger partial charge in [0.25, 0.3) is 0 Å². The van der Waals surface area contributed by atoms with Crippen LogP contribution in [0.1, 0.15) is 29.2 Å². The molecular formula is C25H26N4O6. The lowest BCUT2D eigenvalue weighted by molar-refractivity contribution is -0.142. The van der Waals surface area contributed by atoms with E-state index in [2.05, 4.69) is 20.6 Å². The van der Waals surface area contributed by atoms with Crippen LogP contribution in [0, 0.1) is 0 Å². The predicted octanol–water partition coefficient (Wildman–Crippen LogP) is 1.81. The number of rotatable bonds is 10. The number of aliphatic hydroxyl groups excluding tert-OH is 1. The van der Waals surface area contributed by atoms with E-state index in [4.69, 9.17) is 9.84 Å². The summed E-state index contributed by atoms with van der Waals surface area (Å²) in [5.74, 6) is -2.14. The minimum absolute atomic E-state index is 0.0431. The molecule has 2 amide bonds. The van der Waals surface area contributed by atoms with Gasteiger partial charge in [-0.05, 0) is 22.3 Å². The molecule has 0 bridgehead atoms. The van der Waals surface area contributed by atoms with Crippen molar-refractivity contribution in [3.05, 3.63) is 77.9 Å². The number of amides is 2. The topological polar surface area (TPSA) is 154 Å². The molecule has 1 aliphatic rings. The first-order chi connectivity index (χ1) is 17.0. The molecule has 2 atom stereocenters. The van der Waals surface area contributed by atoms with Crippen LogP contribution in [0.5, 0.6) is 0 Å². The number of hydrogen-bond donors (Lipinski definition) is 5. The van der Waals surface area contributed by atoms with Gasteiger partial charge in [-0.3, -0.25) is 4.79 Å². The normalized spacial score (nSPS) is 13.9. The number of carboxylic acid groups (broad SMARTS) is 1. The van der Waals surface area contributed by atoms with Crippen molar-refractivity contribution in [1.82, 2.24) is 20.6 Å². The van der Waals surface area contributed by atoms with Crippen LogP contribution in [-0.4, -0.2) is 63.4 Å². The predicted molar refractivity (Wildman–Crippen MR) is 126 cm³/mol. The number of ether oxygens (including phenoxy) is 1. The zero-order valence-electron chi connectivity index (χ0n) is 18.8. The van der Waals surface area contributed by atoms with Crippen molar-refractivity contribution in [2.75, 3.05) is 13.2 Å². The summed E-state index contributed by atoms with van der Waals surface area (Å²) in [6, 6.07) is 13.5. The number of carbonyl (C=O) groups excluding carboxylic acids is 2. The number of nitrogens with one attached hydrogen (secondary N) is 3. The first-order valence-corrected chi connectivity index (χ1v) is 11.2. The number of aliphatic carboxylic acids is 1. The van der Waals surface area contributed by atoms with E-state index in [0.717, 1.165) is 22.3 Å². The Hall–Kier alpha value is -4.18. The maximum Gasteiger partial charge on any atom is 0.407 e. The van der Waals surface area contributed by atoms with Crippen LogP contribution in [0.4, 0.5) is 4.79 Å². The fourth-order valence-corrected chi connectivity index (χ4v) is 4.27. The van der Waals surface area contributed by atoms with Crippen LogP contribution in [0.25, 0.3) is 11.1 Å². The lowest BCUT2D eigenvalue weighted by atomic mass is 9.98. The lowest BCUT2D eigenvalue weighted by Gasteiger charge is -2.21. The number of aromatic nitrogens is 2. The van der Waals surface area contributed by atoms with Crippen molar-refractivity contribution in [2.45, 2.75) is 30.8 Å². The van der Waals surface area contributed by atoms with Gasteiger partial charge in [0.2, 0.25) is 5.91 Å². The summed E-state index contributed by atoms with van der Waals surface area (Å²) in [7, 11) is 0. The molecule has 10 nitrogen and oxygen atoms in total. The molecule has 0 spiro atoms. The zero-order valence-corrected chi connectivity index (χ0v) is 18.8. The second-order valence-electron chi connectivity index (χ2n) is 8.22. The summed E-state index contributed by atoms with van der Waals surface area (Å²) in [5, 5.41) is 23.3. The Bertz CT molecular complexity index is 1150. The Morgan fingerprint density at radius 1 is 1.00 bits per heavy atom. The molecule has 5 N–H and O–H groups in total. The van der Waals surface area contributed by atoms with E-state index >= 15 is 0 Å². The molecule has 4 rings (SSSR count). The SMILES string of the molecule is O=C(N[C@@H](Cc1cnc[nH]1)C(=O)N[C@@H](CCO)C(=O)O)OCC1c2ccccc2-c2ccccc21. The molecule has 0 fully saturated rings. The van der Waals surface area contributed by atoms with E-state index in [0.29, 0.717) is 5.69 Å². The molecule has 0 radical (unpaired) electrons. The minimum Gasteiger partial charge on any atom is -0.480 e. The average Bonchev–Trinajstić information content (AvgIpc) is 3.48. The van der Waals surface area contributed by atoms with Crippen molar-refractivity contribution < 1.29 is 29.3 Å². The number of aromatic amines is 1. The summed E-state index contributed by atoms with van der Waals surface area (Å²) in [6.07, 6.45) is 2.01. The van der Waals surface area contributed by atoms with Crippen LogP contribution in [0.15, 0.2) is 61.1 Å². The maximum absolute atomic E-state index is 12.8. The highest BCUT2D eigenvalue weighted by Gasteiger charge is 2.31. The van der Waals surface area contributed by atoms with Crippen LogP contribution in [-0.2, 0) is 20.7 Å². The van der Waals surface area contributed by atoms with Gasteiger partial charge in [0, 0.05) is 37.3 Å². The third-order valence-corrected chi connectivity index (χ3v) is 5.96. The third-order valence-electron chi connectivity index (χ3n) is 5.96. The standard InChI is InChI=1S/C25H26N4O6/c30-10-9-21(24(32)33)28-23(31)22(11-15-12-26-14-27-15)29-25(34)35-13-20-18-7-3-1-5-16(18)17-6-2-4-8-19(17)20/h1-8,12,14,20-22,30H,9-11,13H2,(H,26,27)(H,28,31)(H,29,34)(H,32,33)/t21-,22-/m0/s1. The second-order valence-corrected chi connectivity index (χ2v) is 8.22. The molecule has 0 saturated heterocycles. The van der Waals surface area contributed by atoms with Gasteiger partial charge in [0.05, 0.1) is 6.33 Å². The number of carboxylic acids is 1. The molecule has 3 aromatic rings. The highest BCUT2D eigenvalue weighted by Crippen LogP contribution is 2.44. The molecular weight excluding hydrogens is 452 g/mol. The average molecular weight is 479 g/mol. The number of nitrogens with zero attached hydrogens (tertiary/aromatic N) is 1. The number of fused-ring (bicyclic) bond motifs is 3. The lowest BCUT2D eigenvalue weighted by Crippen LogP contribution is -2.52. The fraction of sp³-hybridized carbons (Fsp3) is 0.280. The van der Waals surface area contributed by atoms with Gasteiger partial charge in [0.15, 0.2) is 0 Å². The largest absolute Gasteiger partial charge is 0.480 e. The number of aliphatic hydroxyl groups is 1. The summed E-state index contributed by atoms with van der Waals surface area (Å²) in [4.78, 5) is 43.7. The third kappa shape index (κ3) is 5.49. The van der Waals surface area contributed by atoms with Gasteiger partial charge in [-0.25, -0.2) is 14.6 Å². The molecule has 1 aromatic heterocycles. The highest BCUT2D eigenvalue weighted by molar-refractivity contribution is 5.89. The van der Waals surface area contributed by atoms with E-state index in [1.54, 1.807) is 0 Å². The summed E-state index contributed by atoms with van der Waals surface area (Å²) in [6.45, 7) is -0.344. The van der Waals surface area contributed by atoms with E-state index in [1.807, 2.05) is 48.5 Å². The molecule has 2 aromatic carbocycles. The number of H-pyrrole nitrogens is 1. The van der Waals surface area contributed by atoms with Crippen LogP contribution in [0.2, 0.25) is 0 Å². The van der Waals surface area contributed by atoms with Crippen molar-refractivity contribution in [3.8, 4) is 11.1 Å². The van der Waals surface area contributed by atoms with Crippen LogP contribution < -0.4 is 10.6 Å². The van der Waals surface area contributed by atoms with E-state index in [-0.39, 0.29) is 25.4 Å². The monoisotopic (exact) mass is 478 g/mol. The van der Waals surface area contributed by atoms with Gasteiger partial charge < -0.3 is 30.6 Å². The first kappa shape index (κ1) is 24.0. The van der Waals surface area contributed by atoms with Crippen LogP contribution >= 0.6 is 0 Å². The summed E-state index contributed by atoms with van der Waals surface area (Å²) < 4.78 is 5.53. The van der Waals surface area contributed by atoms with Crippen molar-refractivity contribution in [2.24, 2.45) is 0 Å². The number of benzene rings is 2. The molecule has 1 aliphatic carbocycles. The Morgan fingerprint density at radius 2 is 1.66 bits per heavy atom. The molecule has 0 saturated carbocycles. The number of carbonyl (C=O) groups is 3. The smallest absolute Gasteiger partial charge is 0.407 e. The fourth-order valence-electron chi connectivity index (χ4n) is 4.27. The Balaban J connectivity index is 1.44. The van der Waals surface area contributed by atoms with Crippen molar-refractivity contribution in [3.63, 3.8) is 0 Å². The van der Waals surface area contributed by atoms with Gasteiger partial charge >= 0.3 is 12.1 Å². The molecule has 182 valence electrons. The molecule has 0 aliphatic heterocycles. The van der Waals surface area contributed by atoms with Gasteiger partial charge in [0.1, 0.15) is 18.7 Å². The summed E-state index contributed by atoms with van der Waals surface area (Å²) >= 11 is 0. The minimum atomic E-state index is -1.29. The van der Waals surface area contributed by atoms with Crippen LogP contribution in [0.3, 0.4) is 0 Å². The molecule has 35 heavy (non-hydrogen) atoms. The Morgan fingerprint density at radius 3 is 2.23 bits per heavy atom. The van der Waals surface area contributed by atoms with Gasteiger partial charge in [-0.15, -0.1) is 0 Å². The highest BCUT2D eigenvalue weighted by atomic mass is 16.5. The van der Waals surface area contributed by atoms with Crippen molar-refractivity contribution >= 4 is 18.0 Å². The molecule has 0 unspecified atom stereocenters. The quantitative estimate of drug-likeness (QED) is 0.298. The Labute approximate surface area is 201 Å². The van der Waals surface area contributed by atoms with Crippen molar-refractivity contribution in [1.29, 1.82) is 0 Å². The van der Waals surface area contributed by atoms with E-state index in [1.165, 1.54) is 12.5 Å². The summed E-state index contributed by atoms with van der Waals surface area (Å²) in [5.41, 5.74) is 4.87. The van der Waals surface area contributed by atoms with Gasteiger partial charge in [-0.1, -0.05) is 48.5 Å².